The van der Waals surface area contributed by atoms with E-state index in [1.807, 2.05) is 0 Å². The second kappa shape index (κ2) is 6.46. The number of hydrogen-bond donors (Lipinski definition) is 1. The van der Waals surface area contributed by atoms with Crippen molar-refractivity contribution in [1.82, 2.24) is 15.1 Å². The third-order valence-corrected chi connectivity index (χ3v) is 3.15. The molecule has 90 valence electrons. The van der Waals surface area contributed by atoms with Crippen molar-refractivity contribution in [1.29, 1.82) is 0 Å². The topological polar surface area (TPSA) is 18.5 Å². The van der Waals surface area contributed by atoms with Crippen molar-refractivity contribution in [3.8, 4) is 0 Å². The van der Waals surface area contributed by atoms with Gasteiger partial charge in [0, 0.05) is 18.6 Å². The van der Waals surface area contributed by atoms with E-state index < -0.39 is 0 Å². The van der Waals surface area contributed by atoms with E-state index in [4.69, 9.17) is 0 Å². The molecule has 0 aromatic heterocycles. The summed E-state index contributed by atoms with van der Waals surface area (Å²) in [7, 11) is 6.50. The standard InChI is InChI=1S/C12H27N3/c1-11(7-9-14(2)3)13-12-6-5-8-15(4)10-12/h11-13H,5-10H2,1-4H3. The monoisotopic (exact) mass is 213 g/mol. The minimum Gasteiger partial charge on any atom is -0.310 e. The van der Waals surface area contributed by atoms with Gasteiger partial charge < -0.3 is 15.1 Å². The zero-order valence-corrected chi connectivity index (χ0v) is 10.8. The zero-order valence-electron chi connectivity index (χ0n) is 10.8. The maximum Gasteiger partial charge on any atom is 0.0197 e. The van der Waals surface area contributed by atoms with Crippen LogP contribution in [0.15, 0.2) is 0 Å². The van der Waals surface area contributed by atoms with Crippen LogP contribution in [0.4, 0.5) is 0 Å². The molecule has 0 spiro atoms. The van der Waals surface area contributed by atoms with Crippen LogP contribution in [0.25, 0.3) is 0 Å². The van der Waals surface area contributed by atoms with E-state index in [-0.39, 0.29) is 0 Å². The van der Waals surface area contributed by atoms with Crippen LogP contribution in [-0.2, 0) is 0 Å². The van der Waals surface area contributed by atoms with Crippen LogP contribution in [0.2, 0.25) is 0 Å². The summed E-state index contributed by atoms with van der Waals surface area (Å²) in [6, 6.07) is 1.35. The first-order valence-electron chi connectivity index (χ1n) is 6.17. The summed E-state index contributed by atoms with van der Waals surface area (Å²) in [5.74, 6) is 0. The van der Waals surface area contributed by atoms with Crippen molar-refractivity contribution < 1.29 is 0 Å². The van der Waals surface area contributed by atoms with Crippen LogP contribution in [0.5, 0.6) is 0 Å². The van der Waals surface area contributed by atoms with Crippen LogP contribution < -0.4 is 5.32 Å². The van der Waals surface area contributed by atoms with Crippen LogP contribution in [-0.4, -0.2) is 62.7 Å². The maximum absolute atomic E-state index is 3.74. The Morgan fingerprint density at radius 3 is 2.80 bits per heavy atom. The molecule has 3 nitrogen and oxygen atoms in total. The molecule has 0 aliphatic carbocycles. The number of likely N-dealkylation sites (N-methyl/N-ethyl adjacent to an activating group) is 1. The molecule has 1 aliphatic rings. The number of nitrogens with one attached hydrogen (secondary N) is 1. The molecule has 0 radical (unpaired) electrons. The minimum atomic E-state index is 0.642. The lowest BCUT2D eigenvalue weighted by Gasteiger charge is -2.32. The fourth-order valence-corrected chi connectivity index (χ4v) is 2.24. The lowest BCUT2D eigenvalue weighted by molar-refractivity contribution is 0.213. The number of rotatable bonds is 5. The van der Waals surface area contributed by atoms with Crippen LogP contribution in [0.3, 0.4) is 0 Å². The van der Waals surface area contributed by atoms with Gasteiger partial charge >= 0.3 is 0 Å². The highest BCUT2D eigenvalue weighted by atomic mass is 15.1. The van der Waals surface area contributed by atoms with Crippen LogP contribution in [0.1, 0.15) is 26.2 Å². The Morgan fingerprint density at radius 1 is 1.47 bits per heavy atom. The summed E-state index contributed by atoms with van der Waals surface area (Å²) in [5, 5.41) is 3.74. The van der Waals surface area contributed by atoms with Crippen LogP contribution >= 0.6 is 0 Å². The average molecular weight is 213 g/mol. The van der Waals surface area contributed by atoms with Crippen molar-refractivity contribution >= 4 is 0 Å². The minimum absolute atomic E-state index is 0.642. The molecule has 0 aromatic rings. The number of hydrogen-bond acceptors (Lipinski definition) is 3. The quantitative estimate of drug-likeness (QED) is 0.735. The van der Waals surface area contributed by atoms with Gasteiger partial charge in [0.25, 0.3) is 0 Å². The van der Waals surface area contributed by atoms with Gasteiger partial charge in [-0.1, -0.05) is 0 Å². The molecule has 2 atom stereocenters. The fraction of sp³-hybridized carbons (Fsp3) is 1.00. The van der Waals surface area contributed by atoms with Gasteiger partial charge in [0.1, 0.15) is 0 Å². The summed E-state index contributed by atoms with van der Waals surface area (Å²) in [5.41, 5.74) is 0. The lowest BCUT2D eigenvalue weighted by Crippen LogP contribution is -2.47. The van der Waals surface area contributed by atoms with E-state index in [0.29, 0.717) is 12.1 Å². The summed E-state index contributed by atoms with van der Waals surface area (Å²) in [4.78, 5) is 4.69. The normalized spacial score (nSPS) is 25.8. The Labute approximate surface area is 94.8 Å². The highest BCUT2D eigenvalue weighted by Crippen LogP contribution is 2.09. The third kappa shape index (κ3) is 5.50. The molecule has 1 rings (SSSR count). The summed E-state index contributed by atoms with van der Waals surface area (Å²) < 4.78 is 0. The molecule has 0 aromatic carbocycles. The molecule has 1 N–H and O–H groups in total. The summed E-state index contributed by atoms with van der Waals surface area (Å²) in [6.45, 7) is 5.96. The van der Waals surface area contributed by atoms with Crippen molar-refractivity contribution in [2.75, 3.05) is 40.8 Å². The SMILES string of the molecule is CC(CCN(C)C)NC1CCCN(C)C1. The largest absolute Gasteiger partial charge is 0.310 e. The molecular weight excluding hydrogens is 186 g/mol. The lowest BCUT2D eigenvalue weighted by atomic mass is 10.0. The first kappa shape index (κ1) is 12.9. The van der Waals surface area contributed by atoms with Gasteiger partial charge in [-0.3, -0.25) is 0 Å². The molecule has 1 saturated heterocycles. The van der Waals surface area contributed by atoms with Gasteiger partial charge in [-0.2, -0.15) is 0 Å². The molecule has 2 unspecified atom stereocenters. The van der Waals surface area contributed by atoms with Gasteiger partial charge in [0.05, 0.1) is 0 Å². The third-order valence-electron chi connectivity index (χ3n) is 3.15. The zero-order chi connectivity index (χ0) is 11.3. The van der Waals surface area contributed by atoms with Crippen molar-refractivity contribution in [2.45, 2.75) is 38.3 Å². The van der Waals surface area contributed by atoms with Gasteiger partial charge in [-0.25, -0.2) is 0 Å². The van der Waals surface area contributed by atoms with Gasteiger partial charge in [0.15, 0.2) is 0 Å². The van der Waals surface area contributed by atoms with Crippen LogP contribution in [0, 0.1) is 0 Å². The first-order valence-corrected chi connectivity index (χ1v) is 6.17. The molecule has 0 bridgehead atoms. The summed E-state index contributed by atoms with van der Waals surface area (Å²) in [6.07, 6.45) is 3.93. The molecular formula is C12H27N3. The highest BCUT2D eigenvalue weighted by molar-refractivity contribution is 4.78. The fourth-order valence-electron chi connectivity index (χ4n) is 2.24. The van der Waals surface area contributed by atoms with Gasteiger partial charge in [-0.15, -0.1) is 0 Å². The van der Waals surface area contributed by atoms with Crippen molar-refractivity contribution in [2.24, 2.45) is 0 Å². The molecule has 0 saturated carbocycles. The number of nitrogens with zero attached hydrogens (tertiary/aromatic N) is 2. The maximum atomic E-state index is 3.74. The number of piperidine rings is 1. The summed E-state index contributed by atoms with van der Waals surface area (Å²) >= 11 is 0. The smallest absolute Gasteiger partial charge is 0.0197 e. The highest BCUT2D eigenvalue weighted by Gasteiger charge is 2.18. The van der Waals surface area contributed by atoms with E-state index in [9.17, 15) is 0 Å². The number of likely N-dealkylation sites (tertiary alicyclic amines) is 1. The van der Waals surface area contributed by atoms with Gasteiger partial charge in [-0.05, 0) is 60.4 Å². The van der Waals surface area contributed by atoms with E-state index in [1.54, 1.807) is 0 Å². The molecule has 1 heterocycles. The Morgan fingerprint density at radius 2 is 2.20 bits per heavy atom. The second-order valence-corrected chi connectivity index (χ2v) is 5.26. The Bertz CT molecular complexity index is 170. The molecule has 0 amide bonds. The second-order valence-electron chi connectivity index (χ2n) is 5.26. The molecule has 3 heteroatoms. The van der Waals surface area contributed by atoms with E-state index in [2.05, 4.69) is 43.2 Å². The van der Waals surface area contributed by atoms with Gasteiger partial charge in [0.2, 0.25) is 0 Å². The molecule has 1 fully saturated rings. The first-order chi connectivity index (χ1) is 7.08. The Hall–Kier alpha value is -0.120. The predicted molar refractivity (Wildman–Crippen MR) is 66.3 cm³/mol. The Balaban J connectivity index is 2.16. The molecule has 1 aliphatic heterocycles. The molecule has 15 heavy (non-hydrogen) atoms. The predicted octanol–water partition coefficient (Wildman–Crippen LogP) is 1.01. The Kier molecular flexibility index (Phi) is 5.58. The van der Waals surface area contributed by atoms with E-state index >= 15 is 0 Å². The van der Waals surface area contributed by atoms with E-state index in [0.717, 1.165) is 0 Å². The van der Waals surface area contributed by atoms with E-state index in [1.165, 1.54) is 38.9 Å². The van der Waals surface area contributed by atoms with Crippen molar-refractivity contribution in [3.63, 3.8) is 0 Å². The van der Waals surface area contributed by atoms with Crippen molar-refractivity contribution in [3.05, 3.63) is 0 Å². The average Bonchev–Trinajstić information content (AvgIpc) is 2.15.